The minimum Gasteiger partial charge on any atom is -0.493 e. The number of hydrogen-bond donors (Lipinski definition) is 1. The Morgan fingerprint density at radius 2 is 2.15 bits per heavy atom. The highest BCUT2D eigenvalue weighted by Gasteiger charge is 2.37. The molecule has 112 valence electrons. The Morgan fingerprint density at radius 3 is 2.75 bits per heavy atom. The Balaban J connectivity index is 2.20. The van der Waals surface area contributed by atoms with Crippen LogP contribution in [0.5, 0.6) is 5.75 Å². The molecule has 1 aromatic rings. The maximum atomic E-state index is 10.8. The van der Waals surface area contributed by atoms with Gasteiger partial charge in [-0.15, -0.1) is 0 Å². The molecular formula is C17H25BrO2. The highest BCUT2D eigenvalue weighted by atomic mass is 79.9. The number of rotatable bonds is 4. The molecule has 0 heterocycles. The van der Waals surface area contributed by atoms with E-state index in [0.29, 0.717) is 12.5 Å². The van der Waals surface area contributed by atoms with Gasteiger partial charge in [0.1, 0.15) is 5.75 Å². The van der Waals surface area contributed by atoms with E-state index in [1.165, 1.54) is 19.3 Å². The first-order valence-corrected chi connectivity index (χ1v) is 8.35. The summed E-state index contributed by atoms with van der Waals surface area (Å²) in [5.74, 6) is 1.17. The molecule has 0 spiro atoms. The molecule has 2 nitrogen and oxygen atoms in total. The van der Waals surface area contributed by atoms with Crippen LogP contribution in [0.1, 0.15) is 58.1 Å². The summed E-state index contributed by atoms with van der Waals surface area (Å²) < 4.78 is 6.45. The molecule has 0 aliphatic heterocycles. The van der Waals surface area contributed by atoms with Crippen molar-refractivity contribution < 1.29 is 9.84 Å². The molecule has 20 heavy (non-hydrogen) atoms. The number of halogens is 1. The molecule has 1 aliphatic rings. The fraction of sp³-hybridized carbons (Fsp3) is 0.647. The fourth-order valence-electron chi connectivity index (χ4n) is 3.31. The lowest BCUT2D eigenvalue weighted by Gasteiger charge is -2.41. The number of hydrogen-bond acceptors (Lipinski definition) is 2. The van der Waals surface area contributed by atoms with E-state index in [0.717, 1.165) is 22.2 Å². The van der Waals surface area contributed by atoms with Crippen molar-refractivity contribution in [3.63, 3.8) is 0 Å². The van der Waals surface area contributed by atoms with Gasteiger partial charge in [0.2, 0.25) is 0 Å². The second-order valence-corrected chi connectivity index (χ2v) is 7.26. The van der Waals surface area contributed by atoms with Crippen molar-refractivity contribution in [1.29, 1.82) is 0 Å². The van der Waals surface area contributed by atoms with Crippen LogP contribution in [0.4, 0.5) is 0 Å². The van der Waals surface area contributed by atoms with Crippen molar-refractivity contribution in [2.75, 3.05) is 6.61 Å². The van der Waals surface area contributed by atoms with E-state index in [9.17, 15) is 5.11 Å². The smallest absolute Gasteiger partial charge is 0.133 e. The molecule has 1 fully saturated rings. The minimum atomic E-state index is -0.391. The molecule has 1 aliphatic carbocycles. The molecule has 2 rings (SSSR count). The Kier molecular flexibility index (Phi) is 5.14. The van der Waals surface area contributed by atoms with E-state index < -0.39 is 6.10 Å². The zero-order chi connectivity index (χ0) is 14.8. The molecule has 0 aromatic heterocycles. The SMILES string of the molecule is CCOc1ccc(C(O)C2CCCCC2(C)C)cc1Br. The molecule has 1 aromatic carbocycles. The van der Waals surface area contributed by atoms with Gasteiger partial charge in [-0.05, 0) is 64.7 Å². The van der Waals surface area contributed by atoms with Crippen LogP contribution >= 0.6 is 15.9 Å². The van der Waals surface area contributed by atoms with E-state index >= 15 is 0 Å². The lowest BCUT2D eigenvalue weighted by atomic mass is 9.65. The molecule has 1 N–H and O–H groups in total. The molecule has 0 radical (unpaired) electrons. The van der Waals surface area contributed by atoms with Crippen LogP contribution in [0, 0.1) is 11.3 Å². The van der Waals surface area contributed by atoms with E-state index in [4.69, 9.17) is 4.74 Å². The van der Waals surface area contributed by atoms with Crippen molar-refractivity contribution in [3.8, 4) is 5.75 Å². The Bertz CT molecular complexity index is 456. The van der Waals surface area contributed by atoms with Crippen molar-refractivity contribution in [2.45, 2.75) is 52.6 Å². The van der Waals surface area contributed by atoms with E-state index in [-0.39, 0.29) is 5.41 Å². The number of aliphatic hydroxyl groups is 1. The van der Waals surface area contributed by atoms with Gasteiger partial charge in [0.05, 0.1) is 17.2 Å². The molecule has 2 atom stereocenters. The summed E-state index contributed by atoms with van der Waals surface area (Å²) in [6.07, 6.45) is 4.43. The van der Waals surface area contributed by atoms with Crippen molar-refractivity contribution in [3.05, 3.63) is 28.2 Å². The summed E-state index contributed by atoms with van der Waals surface area (Å²) in [7, 11) is 0. The van der Waals surface area contributed by atoms with Gasteiger partial charge in [0, 0.05) is 0 Å². The maximum absolute atomic E-state index is 10.8. The summed E-state index contributed by atoms with van der Waals surface area (Å²) in [5.41, 5.74) is 1.20. The molecule has 0 bridgehead atoms. The van der Waals surface area contributed by atoms with Gasteiger partial charge in [-0.3, -0.25) is 0 Å². The predicted molar refractivity (Wildman–Crippen MR) is 86.0 cm³/mol. The second-order valence-electron chi connectivity index (χ2n) is 6.41. The second kappa shape index (κ2) is 6.48. The van der Waals surface area contributed by atoms with Gasteiger partial charge in [-0.25, -0.2) is 0 Å². The third kappa shape index (κ3) is 3.37. The Hall–Kier alpha value is -0.540. The first-order valence-electron chi connectivity index (χ1n) is 7.56. The molecule has 0 saturated heterocycles. The van der Waals surface area contributed by atoms with Gasteiger partial charge in [0.25, 0.3) is 0 Å². The van der Waals surface area contributed by atoms with Crippen LogP contribution in [0.15, 0.2) is 22.7 Å². The molecule has 1 saturated carbocycles. The van der Waals surface area contributed by atoms with Gasteiger partial charge in [-0.2, -0.15) is 0 Å². The Morgan fingerprint density at radius 1 is 1.40 bits per heavy atom. The first-order chi connectivity index (χ1) is 9.45. The van der Waals surface area contributed by atoms with Crippen molar-refractivity contribution >= 4 is 15.9 Å². The third-order valence-corrected chi connectivity index (χ3v) is 5.19. The summed E-state index contributed by atoms with van der Waals surface area (Å²) >= 11 is 3.53. The van der Waals surface area contributed by atoms with Crippen LogP contribution in [-0.4, -0.2) is 11.7 Å². The third-order valence-electron chi connectivity index (χ3n) is 4.57. The number of benzene rings is 1. The standard InChI is InChI=1S/C17H25BrO2/c1-4-20-15-9-8-12(11-14(15)18)16(19)13-7-5-6-10-17(13,2)3/h8-9,11,13,16,19H,4-7,10H2,1-3H3. The van der Waals surface area contributed by atoms with Crippen LogP contribution in [-0.2, 0) is 0 Å². The normalized spacial score (nSPS) is 23.4. The van der Waals surface area contributed by atoms with Crippen LogP contribution in [0.2, 0.25) is 0 Å². The lowest BCUT2D eigenvalue weighted by Crippen LogP contribution is -2.32. The summed E-state index contributed by atoms with van der Waals surface area (Å²) in [5, 5.41) is 10.8. The summed E-state index contributed by atoms with van der Waals surface area (Å²) in [6.45, 7) is 7.18. The van der Waals surface area contributed by atoms with Crippen LogP contribution in [0.3, 0.4) is 0 Å². The van der Waals surface area contributed by atoms with Crippen molar-refractivity contribution in [2.24, 2.45) is 11.3 Å². The maximum Gasteiger partial charge on any atom is 0.133 e. The highest BCUT2D eigenvalue weighted by molar-refractivity contribution is 9.10. The highest BCUT2D eigenvalue weighted by Crippen LogP contribution is 2.47. The summed E-state index contributed by atoms with van der Waals surface area (Å²) in [6, 6.07) is 5.94. The molecule has 2 unspecified atom stereocenters. The number of ether oxygens (including phenoxy) is 1. The quantitative estimate of drug-likeness (QED) is 0.826. The zero-order valence-electron chi connectivity index (χ0n) is 12.7. The zero-order valence-corrected chi connectivity index (χ0v) is 14.2. The molecular weight excluding hydrogens is 316 g/mol. The molecule has 0 amide bonds. The average molecular weight is 341 g/mol. The first kappa shape index (κ1) is 15.8. The monoisotopic (exact) mass is 340 g/mol. The summed E-state index contributed by atoms with van der Waals surface area (Å²) in [4.78, 5) is 0. The van der Waals surface area contributed by atoms with E-state index in [1.54, 1.807) is 0 Å². The van der Waals surface area contributed by atoms with Gasteiger partial charge in [-0.1, -0.05) is 32.8 Å². The van der Waals surface area contributed by atoms with Crippen LogP contribution < -0.4 is 4.74 Å². The fourth-order valence-corrected chi connectivity index (χ4v) is 3.82. The predicted octanol–water partition coefficient (Wildman–Crippen LogP) is 5.10. The van der Waals surface area contributed by atoms with Gasteiger partial charge >= 0.3 is 0 Å². The van der Waals surface area contributed by atoms with Crippen molar-refractivity contribution in [1.82, 2.24) is 0 Å². The average Bonchev–Trinajstić information content (AvgIpc) is 2.40. The Labute approximate surface area is 130 Å². The van der Waals surface area contributed by atoms with Gasteiger partial charge < -0.3 is 9.84 Å². The number of aliphatic hydroxyl groups excluding tert-OH is 1. The minimum absolute atomic E-state index is 0.211. The molecule has 3 heteroatoms. The van der Waals surface area contributed by atoms with E-state index in [2.05, 4.69) is 29.8 Å². The topological polar surface area (TPSA) is 29.5 Å². The van der Waals surface area contributed by atoms with Gasteiger partial charge in [0.15, 0.2) is 0 Å². The van der Waals surface area contributed by atoms with Crippen LogP contribution in [0.25, 0.3) is 0 Å². The van der Waals surface area contributed by atoms with E-state index in [1.807, 2.05) is 25.1 Å². The lowest BCUT2D eigenvalue weighted by molar-refractivity contribution is 0.00380. The largest absolute Gasteiger partial charge is 0.493 e.